The minimum absolute atomic E-state index is 0.215. The van der Waals surface area contributed by atoms with Crippen LogP contribution in [0.15, 0.2) is 6.20 Å². The van der Waals surface area contributed by atoms with E-state index in [1.54, 1.807) is 4.90 Å². The first-order chi connectivity index (χ1) is 13.8. The molecule has 1 aliphatic heterocycles. The van der Waals surface area contributed by atoms with E-state index in [0.29, 0.717) is 13.1 Å². The number of hydrogen-bond donors (Lipinski definition) is 0. The SMILES string of the molecule is CCC[CH2][Sn]([CH2]CCC)([CH2]CCC)[c]1cnnn1C1CN(C(=O)OC(C)(C)C)C1. The van der Waals surface area contributed by atoms with E-state index in [1.807, 2.05) is 20.8 Å². The van der Waals surface area contributed by atoms with Gasteiger partial charge in [-0.15, -0.1) is 0 Å². The molecule has 2 heterocycles. The Morgan fingerprint density at radius 1 is 1.07 bits per heavy atom. The summed E-state index contributed by atoms with van der Waals surface area (Å²) >= 11 is -2.58. The number of likely N-dealkylation sites (tertiary alicyclic amines) is 1. The second kappa shape index (κ2) is 11.0. The Balaban J connectivity index is 2.18. The van der Waals surface area contributed by atoms with Gasteiger partial charge in [0.15, 0.2) is 0 Å². The first-order valence-corrected chi connectivity index (χ1v) is 19.1. The first-order valence-electron chi connectivity index (χ1n) is 11.6. The van der Waals surface area contributed by atoms with E-state index in [9.17, 15) is 4.79 Å². The molecule has 0 aliphatic carbocycles. The van der Waals surface area contributed by atoms with Crippen molar-refractivity contribution in [1.82, 2.24) is 19.9 Å². The maximum absolute atomic E-state index is 12.3. The van der Waals surface area contributed by atoms with Gasteiger partial charge in [-0.2, -0.15) is 0 Å². The molecule has 1 aromatic heterocycles. The zero-order chi connectivity index (χ0) is 21.5. The Bertz CT molecular complexity index is 613. The Morgan fingerprint density at radius 2 is 1.59 bits per heavy atom. The minimum atomic E-state index is -2.58. The molecular formula is C22H42N4O2Sn. The fourth-order valence-electron chi connectivity index (χ4n) is 4.28. The van der Waals surface area contributed by atoms with Crippen molar-refractivity contribution in [2.75, 3.05) is 13.1 Å². The zero-order valence-corrected chi connectivity index (χ0v) is 22.4. The van der Waals surface area contributed by atoms with E-state index in [1.165, 1.54) is 55.5 Å². The average Bonchev–Trinajstić information content (AvgIpc) is 3.08. The van der Waals surface area contributed by atoms with Crippen LogP contribution in [0, 0.1) is 0 Å². The van der Waals surface area contributed by atoms with Crippen molar-refractivity contribution in [2.45, 2.75) is 105 Å². The maximum atomic E-state index is 12.3. The van der Waals surface area contributed by atoms with Crippen molar-refractivity contribution in [3.05, 3.63) is 6.20 Å². The number of unbranched alkanes of at least 4 members (excludes halogenated alkanes) is 3. The van der Waals surface area contributed by atoms with E-state index < -0.39 is 24.0 Å². The normalized spacial score (nSPS) is 15.4. The van der Waals surface area contributed by atoms with E-state index in [-0.39, 0.29) is 12.1 Å². The van der Waals surface area contributed by atoms with Gasteiger partial charge >= 0.3 is 182 Å². The third-order valence-electron chi connectivity index (χ3n) is 6.00. The van der Waals surface area contributed by atoms with Crippen LogP contribution >= 0.6 is 0 Å². The van der Waals surface area contributed by atoms with E-state index in [4.69, 9.17) is 4.74 Å². The molecule has 0 spiro atoms. The molecule has 6 nitrogen and oxygen atoms in total. The average molecular weight is 513 g/mol. The van der Waals surface area contributed by atoms with Gasteiger partial charge in [-0.1, -0.05) is 0 Å². The summed E-state index contributed by atoms with van der Waals surface area (Å²) < 4.78 is 13.4. The number of carbonyl (C=O) groups excluding carboxylic acids is 1. The number of carbonyl (C=O) groups is 1. The predicted octanol–water partition coefficient (Wildman–Crippen LogP) is 5.13. The van der Waals surface area contributed by atoms with Crippen LogP contribution in [0.4, 0.5) is 4.79 Å². The molecule has 1 fully saturated rings. The molecule has 0 saturated carbocycles. The van der Waals surface area contributed by atoms with Crippen LogP contribution in [0.2, 0.25) is 13.3 Å². The van der Waals surface area contributed by atoms with Crippen LogP contribution < -0.4 is 3.71 Å². The van der Waals surface area contributed by atoms with Gasteiger partial charge in [-0.25, -0.2) is 0 Å². The number of nitrogens with zero attached hydrogens (tertiary/aromatic N) is 4. The molecule has 0 bridgehead atoms. The molecule has 1 saturated heterocycles. The van der Waals surface area contributed by atoms with Crippen LogP contribution in [0.3, 0.4) is 0 Å². The molecule has 1 aliphatic rings. The van der Waals surface area contributed by atoms with Crippen molar-refractivity contribution >= 4 is 28.2 Å². The molecule has 0 N–H and O–H groups in total. The Kier molecular flexibility index (Phi) is 9.29. The third-order valence-corrected chi connectivity index (χ3v) is 21.4. The molecule has 7 heteroatoms. The summed E-state index contributed by atoms with van der Waals surface area (Å²) in [5, 5.41) is 8.91. The van der Waals surface area contributed by atoms with Gasteiger partial charge in [0.25, 0.3) is 0 Å². The second-order valence-electron chi connectivity index (χ2n) is 9.69. The van der Waals surface area contributed by atoms with Crippen LogP contribution in [0.25, 0.3) is 0 Å². The molecule has 29 heavy (non-hydrogen) atoms. The first kappa shape index (κ1) is 24.5. The van der Waals surface area contributed by atoms with Crippen molar-refractivity contribution in [1.29, 1.82) is 0 Å². The van der Waals surface area contributed by atoms with Gasteiger partial charge < -0.3 is 0 Å². The van der Waals surface area contributed by atoms with Crippen molar-refractivity contribution in [3.8, 4) is 0 Å². The Hall–Kier alpha value is -0.791. The zero-order valence-electron chi connectivity index (χ0n) is 19.5. The van der Waals surface area contributed by atoms with Gasteiger partial charge in [0.1, 0.15) is 0 Å². The summed E-state index contributed by atoms with van der Waals surface area (Å²) in [7, 11) is 0. The van der Waals surface area contributed by atoms with Crippen LogP contribution in [0.5, 0.6) is 0 Å². The summed E-state index contributed by atoms with van der Waals surface area (Å²) in [6, 6.07) is 0.251. The quantitative estimate of drug-likeness (QED) is 0.386. The predicted molar refractivity (Wildman–Crippen MR) is 121 cm³/mol. The summed E-state index contributed by atoms with van der Waals surface area (Å²) in [4.78, 5) is 14.1. The van der Waals surface area contributed by atoms with Gasteiger partial charge in [-0.3, -0.25) is 0 Å². The molecular weight excluding hydrogens is 471 g/mol. The fraction of sp³-hybridized carbons (Fsp3) is 0.864. The molecule has 0 aromatic carbocycles. The van der Waals surface area contributed by atoms with Crippen molar-refractivity contribution in [3.63, 3.8) is 0 Å². The molecule has 1 amide bonds. The van der Waals surface area contributed by atoms with Crippen LogP contribution in [-0.4, -0.2) is 63.1 Å². The number of aromatic nitrogens is 3. The number of ether oxygens (including phenoxy) is 1. The Labute approximate surface area is 181 Å². The second-order valence-corrected chi connectivity index (χ2v) is 22.7. The molecule has 166 valence electrons. The van der Waals surface area contributed by atoms with Gasteiger partial charge in [-0.05, 0) is 0 Å². The van der Waals surface area contributed by atoms with E-state index >= 15 is 0 Å². The molecule has 2 rings (SSSR count). The molecule has 1 aromatic rings. The molecule has 0 atom stereocenters. The van der Waals surface area contributed by atoms with Crippen molar-refractivity contribution in [2.24, 2.45) is 0 Å². The van der Waals surface area contributed by atoms with Gasteiger partial charge in [0.2, 0.25) is 0 Å². The van der Waals surface area contributed by atoms with Gasteiger partial charge in [0.05, 0.1) is 0 Å². The van der Waals surface area contributed by atoms with Gasteiger partial charge in [0, 0.05) is 0 Å². The molecule has 0 radical (unpaired) electrons. The van der Waals surface area contributed by atoms with Crippen LogP contribution in [0.1, 0.15) is 86.1 Å². The van der Waals surface area contributed by atoms with Crippen LogP contribution in [-0.2, 0) is 4.74 Å². The number of rotatable bonds is 11. The number of amides is 1. The summed E-state index contributed by atoms with van der Waals surface area (Å²) in [5.74, 6) is 0. The third kappa shape index (κ3) is 6.59. The summed E-state index contributed by atoms with van der Waals surface area (Å²) in [5.41, 5.74) is -0.452. The fourth-order valence-corrected chi connectivity index (χ4v) is 20.4. The monoisotopic (exact) mass is 514 g/mol. The summed E-state index contributed by atoms with van der Waals surface area (Å²) in [6.07, 6.45) is 9.62. The Morgan fingerprint density at radius 3 is 2.03 bits per heavy atom. The van der Waals surface area contributed by atoms with Crippen molar-refractivity contribution < 1.29 is 9.53 Å². The summed E-state index contributed by atoms with van der Waals surface area (Å²) in [6.45, 7) is 14.0. The van der Waals surface area contributed by atoms with E-state index in [2.05, 4.69) is 42.0 Å². The number of hydrogen-bond acceptors (Lipinski definition) is 4. The topological polar surface area (TPSA) is 60.2 Å². The molecule has 0 unspecified atom stereocenters. The van der Waals surface area contributed by atoms with E-state index in [0.717, 1.165) is 0 Å². The standard InChI is InChI=1S/C10H15N4O2.3C4H9.Sn/c1-10(2,3)16-9(15)13-6-8(7-13)14-5-4-11-12-14;3*1-3-4-2;/h4,8H,6-7H2,1-3H3;3*1,3-4H2,2H3;.